The second-order valence-electron chi connectivity index (χ2n) is 7.12. The maximum atomic E-state index is 14.8. The van der Waals surface area contributed by atoms with Crippen LogP contribution in [-0.4, -0.2) is 32.8 Å². The highest BCUT2D eigenvalue weighted by Gasteiger charge is 2.50. The van der Waals surface area contributed by atoms with Gasteiger partial charge in [-0.1, -0.05) is 60.5 Å². The molecule has 1 aliphatic rings. The van der Waals surface area contributed by atoms with E-state index >= 15 is 0 Å². The van der Waals surface area contributed by atoms with Crippen LogP contribution in [0.5, 0.6) is 0 Å². The van der Waals surface area contributed by atoms with Crippen molar-refractivity contribution in [2.75, 3.05) is 0 Å². The van der Waals surface area contributed by atoms with Crippen LogP contribution in [0.25, 0.3) is 0 Å². The lowest BCUT2D eigenvalue weighted by molar-refractivity contribution is 0.158. The van der Waals surface area contributed by atoms with Crippen LogP contribution < -0.4 is 0 Å². The number of hydrogen-bond acceptors (Lipinski definition) is 6. The molecule has 1 aliphatic carbocycles. The molecule has 3 rings (SSSR count). The Labute approximate surface area is 179 Å². The highest BCUT2D eigenvalue weighted by molar-refractivity contribution is 8.14. The van der Waals surface area contributed by atoms with Gasteiger partial charge < -0.3 is 0 Å². The van der Waals surface area contributed by atoms with Gasteiger partial charge in [-0.3, -0.25) is 4.18 Å². The van der Waals surface area contributed by atoms with Gasteiger partial charge in [0.15, 0.2) is 0 Å². The molecule has 2 aromatic rings. The Morgan fingerprint density at radius 2 is 1.50 bits per heavy atom. The monoisotopic (exact) mass is 476 g/mol. The van der Waals surface area contributed by atoms with Crippen molar-refractivity contribution in [3.8, 4) is 0 Å². The van der Waals surface area contributed by atoms with Crippen molar-refractivity contribution in [2.24, 2.45) is 0 Å². The predicted octanol–water partition coefficient (Wildman–Crippen LogP) is 4.77. The molecule has 0 N–H and O–H groups in total. The van der Waals surface area contributed by atoms with Crippen LogP contribution >= 0.6 is 11.8 Å². The van der Waals surface area contributed by atoms with E-state index in [9.17, 15) is 25.6 Å². The third-order valence-corrected chi connectivity index (χ3v) is 9.79. The van der Waals surface area contributed by atoms with Gasteiger partial charge in [0.05, 0.1) is 15.9 Å². The van der Waals surface area contributed by atoms with E-state index in [0.29, 0.717) is 12.8 Å². The van der Waals surface area contributed by atoms with Crippen molar-refractivity contribution >= 4 is 31.7 Å². The zero-order valence-corrected chi connectivity index (χ0v) is 18.7. The predicted molar refractivity (Wildman–Crippen MR) is 112 cm³/mol. The lowest BCUT2D eigenvalue weighted by atomic mass is 9.97. The van der Waals surface area contributed by atoms with E-state index in [1.165, 1.54) is 30.3 Å². The van der Waals surface area contributed by atoms with E-state index in [2.05, 4.69) is 0 Å². The van der Waals surface area contributed by atoms with E-state index < -0.39 is 40.8 Å². The van der Waals surface area contributed by atoms with Crippen LogP contribution in [0.1, 0.15) is 31.2 Å². The first-order chi connectivity index (χ1) is 14.0. The summed E-state index contributed by atoms with van der Waals surface area (Å²) >= 11 is -0.0397. The summed E-state index contributed by atoms with van der Waals surface area (Å²) in [6.07, 6.45) is 0.654. The molecule has 0 radical (unpaired) electrons. The smallest absolute Gasteiger partial charge is 0.262 e. The minimum absolute atomic E-state index is 0.0397. The number of halogens is 2. The molecule has 0 aliphatic heterocycles. The minimum Gasteiger partial charge on any atom is -0.262 e. The standard InChI is InChI=1S/C20H22F2O5S3/c1-15-11-13-17(14-12-15)30(25,26)27-18-9-5-6-10-19(18)28-20(21,22)29(23,24)16-7-3-2-4-8-16/h2-4,7-8,11-14,18-19H,5-6,9-10H2,1H3/t18-,19-/m1/s1. The van der Waals surface area contributed by atoms with Gasteiger partial charge in [-0.15, -0.1) is 0 Å². The van der Waals surface area contributed by atoms with Crippen LogP contribution in [-0.2, 0) is 24.1 Å². The number of sulfone groups is 1. The summed E-state index contributed by atoms with van der Waals surface area (Å²) in [4.78, 5) is -0.547. The molecule has 0 spiro atoms. The Kier molecular flexibility index (Phi) is 6.91. The number of thioether (sulfide) groups is 1. The first-order valence-electron chi connectivity index (χ1n) is 9.38. The maximum Gasteiger partial charge on any atom is 0.397 e. The number of aryl methyl sites for hydroxylation is 1. The van der Waals surface area contributed by atoms with Crippen molar-refractivity contribution in [3.05, 3.63) is 60.2 Å². The molecule has 1 fully saturated rings. The average Bonchev–Trinajstić information content (AvgIpc) is 2.70. The number of hydrogen-bond donors (Lipinski definition) is 0. The van der Waals surface area contributed by atoms with Crippen molar-refractivity contribution in [2.45, 2.75) is 58.3 Å². The van der Waals surface area contributed by atoms with Gasteiger partial charge in [0.2, 0.25) is 0 Å². The summed E-state index contributed by atoms with van der Waals surface area (Å²) in [5.41, 5.74) is 0.866. The fraction of sp³-hybridized carbons (Fsp3) is 0.400. The highest BCUT2D eigenvalue weighted by atomic mass is 32.3. The summed E-state index contributed by atoms with van der Waals surface area (Å²) in [5, 5.41) is -0.979. The second-order valence-corrected chi connectivity index (χ2v) is 12.3. The van der Waals surface area contributed by atoms with E-state index in [1.54, 1.807) is 19.1 Å². The minimum atomic E-state index is -4.94. The summed E-state index contributed by atoms with van der Waals surface area (Å²) in [5.74, 6) is 0. The number of rotatable bonds is 7. The van der Waals surface area contributed by atoms with Crippen molar-refractivity contribution < 1.29 is 29.8 Å². The van der Waals surface area contributed by atoms with Gasteiger partial charge in [0, 0.05) is 5.25 Å². The van der Waals surface area contributed by atoms with Crippen LogP contribution in [0.4, 0.5) is 8.78 Å². The van der Waals surface area contributed by atoms with Crippen LogP contribution in [0.2, 0.25) is 0 Å². The molecule has 1 saturated carbocycles. The molecule has 5 nitrogen and oxygen atoms in total. The van der Waals surface area contributed by atoms with Gasteiger partial charge in [-0.05, 0) is 44.0 Å². The Balaban J connectivity index is 1.81. The first-order valence-corrected chi connectivity index (χ1v) is 13.2. The molecular formula is C20H22F2O5S3. The van der Waals surface area contributed by atoms with Gasteiger partial charge in [0.25, 0.3) is 20.0 Å². The van der Waals surface area contributed by atoms with Gasteiger partial charge in [-0.2, -0.15) is 17.2 Å². The molecule has 10 heteroatoms. The Hall–Kier alpha value is -1.49. The first kappa shape index (κ1) is 23.2. The summed E-state index contributed by atoms with van der Waals surface area (Å²) < 4.78 is 80.9. The molecule has 0 amide bonds. The molecule has 30 heavy (non-hydrogen) atoms. The molecule has 0 bridgehead atoms. The topological polar surface area (TPSA) is 77.5 Å². The molecular weight excluding hydrogens is 454 g/mol. The quantitative estimate of drug-likeness (QED) is 0.536. The number of alkyl halides is 2. The highest BCUT2D eigenvalue weighted by Crippen LogP contribution is 2.46. The van der Waals surface area contributed by atoms with E-state index in [4.69, 9.17) is 4.18 Å². The van der Waals surface area contributed by atoms with Crippen molar-refractivity contribution in [3.63, 3.8) is 0 Å². The van der Waals surface area contributed by atoms with Gasteiger partial charge in [-0.25, -0.2) is 8.42 Å². The molecule has 0 saturated heterocycles. The Morgan fingerprint density at radius 1 is 0.900 bits per heavy atom. The lowest BCUT2D eigenvalue weighted by Gasteiger charge is -2.32. The molecule has 0 aromatic heterocycles. The van der Waals surface area contributed by atoms with Crippen molar-refractivity contribution in [1.82, 2.24) is 0 Å². The van der Waals surface area contributed by atoms with Crippen LogP contribution in [0.3, 0.4) is 0 Å². The zero-order valence-electron chi connectivity index (χ0n) is 16.2. The van der Waals surface area contributed by atoms with Gasteiger partial charge in [0.1, 0.15) is 0 Å². The Bertz CT molecular complexity index is 1070. The van der Waals surface area contributed by atoms with E-state index in [0.717, 1.165) is 17.7 Å². The fourth-order valence-corrected chi connectivity index (χ4v) is 7.35. The van der Waals surface area contributed by atoms with E-state index in [-0.39, 0.29) is 29.5 Å². The Morgan fingerprint density at radius 3 is 2.13 bits per heavy atom. The lowest BCUT2D eigenvalue weighted by Crippen LogP contribution is -2.37. The average molecular weight is 477 g/mol. The van der Waals surface area contributed by atoms with Crippen LogP contribution in [0, 0.1) is 6.92 Å². The molecule has 2 atom stereocenters. The summed E-state index contributed by atoms with van der Waals surface area (Å²) in [6.45, 7) is 1.81. The van der Waals surface area contributed by atoms with Crippen molar-refractivity contribution in [1.29, 1.82) is 0 Å². The summed E-state index contributed by atoms with van der Waals surface area (Å²) in [6, 6.07) is 12.5. The van der Waals surface area contributed by atoms with Gasteiger partial charge >= 0.3 is 4.59 Å². The SMILES string of the molecule is Cc1ccc(S(=O)(=O)O[C@@H]2CCCC[C@H]2SC(F)(F)S(=O)(=O)c2ccccc2)cc1. The summed E-state index contributed by atoms with van der Waals surface area (Å²) in [7, 11) is -9.10. The molecule has 0 unspecified atom stereocenters. The molecule has 0 heterocycles. The molecule has 164 valence electrons. The third kappa shape index (κ3) is 5.04. The third-order valence-electron chi connectivity index (χ3n) is 4.86. The normalized spacial score (nSPS) is 20.8. The molecule has 2 aromatic carbocycles. The fourth-order valence-electron chi connectivity index (χ4n) is 3.21. The number of benzene rings is 2. The van der Waals surface area contributed by atoms with Crippen LogP contribution in [0.15, 0.2) is 64.4 Å². The van der Waals surface area contributed by atoms with E-state index in [1.807, 2.05) is 0 Å². The largest absolute Gasteiger partial charge is 0.397 e. The second kappa shape index (κ2) is 8.94. The maximum absolute atomic E-state index is 14.8. The zero-order chi connectivity index (χ0) is 22.0.